The van der Waals surface area contributed by atoms with Gasteiger partial charge in [-0.2, -0.15) is 5.10 Å². The lowest BCUT2D eigenvalue weighted by atomic mass is 9.87. The number of halogens is 1. The van der Waals surface area contributed by atoms with Crippen molar-refractivity contribution in [2.75, 3.05) is 13.7 Å². The molecule has 0 aromatic heterocycles. The van der Waals surface area contributed by atoms with Crippen molar-refractivity contribution in [2.24, 2.45) is 5.10 Å². The summed E-state index contributed by atoms with van der Waals surface area (Å²) in [6.07, 6.45) is 1.79. The lowest BCUT2D eigenvalue weighted by molar-refractivity contribution is -0.131. The molecule has 1 N–H and O–H groups in total. The molecule has 152 valence electrons. The average molecular weight is 416 g/mol. The normalized spacial score (nSPS) is 19.0. The highest BCUT2D eigenvalue weighted by molar-refractivity contribution is 6.32. The lowest BCUT2D eigenvalue weighted by Gasteiger charge is -2.24. The maximum absolute atomic E-state index is 13.1. The highest BCUT2D eigenvalue weighted by Crippen LogP contribution is 2.36. The maximum Gasteiger partial charge on any atom is 0.346 e. The number of nitrogens with one attached hydrogen (secondary N) is 1. The number of ether oxygens (including phenoxy) is 2. The minimum atomic E-state index is -1.14. The second-order valence-electron chi connectivity index (χ2n) is 6.38. The molecular weight excluding hydrogens is 394 g/mol. The molecule has 0 bridgehead atoms. The number of amides is 3. The van der Waals surface area contributed by atoms with E-state index in [1.807, 2.05) is 44.2 Å². The van der Waals surface area contributed by atoms with Gasteiger partial charge in [0.05, 0.1) is 25.0 Å². The molecule has 3 rings (SSSR count). The average Bonchev–Trinajstić information content (AvgIpc) is 2.99. The van der Waals surface area contributed by atoms with Crippen LogP contribution in [0.1, 0.15) is 31.4 Å². The summed E-state index contributed by atoms with van der Waals surface area (Å²) in [6.45, 7) is 4.12. The van der Waals surface area contributed by atoms with Gasteiger partial charge in [-0.15, -0.1) is 5.01 Å². The molecule has 2 aromatic rings. The molecule has 8 heteroatoms. The minimum absolute atomic E-state index is 0.344. The van der Waals surface area contributed by atoms with Gasteiger partial charge in [-0.25, -0.2) is 4.79 Å². The molecule has 1 aliphatic heterocycles. The van der Waals surface area contributed by atoms with Crippen molar-refractivity contribution in [3.63, 3.8) is 0 Å². The van der Waals surface area contributed by atoms with E-state index in [0.29, 0.717) is 40.7 Å². The van der Waals surface area contributed by atoms with Crippen LogP contribution in [-0.4, -0.2) is 36.9 Å². The summed E-state index contributed by atoms with van der Waals surface area (Å²) < 4.78 is 10.8. The Balaban J connectivity index is 1.91. The zero-order valence-corrected chi connectivity index (χ0v) is 17.2. The second kappa shape index (κ2) is 8.53. The molecule has 1 aliphatic rings. The van der Waals surface area contributed by atoms with Gasteiger partial charge in [0, 0.05) is 0 Å². The second-order valence-corrected chi connectivity index (χ2v) is 6.79. The van der Waals surface area contributed by atoms with Crippen LogP contribution in [0.25, 0.3) is 0 Å². The van der Waals surface area contributed by atoms with E-state index in [4.69, 9.17) is 21.1 Å². The van der Waals surface area contributed by atoms with Crippen molar-refractivity contribution in [3.05, 3.63) is 58.6 Å². The van der Waals surface area contributed by atoms with Gasteiger partial charge in [0.25, 0.3) is 5.91 Å². The zero-order chi connectivity index (χ0) is 21.0. The van der Waals surface area contributed by atoms with Crippen LogP contribution >= 0.6 is 11.6 Å². The molecule has 29 heavy (non-hydrogen) atoms. The number of carbonyl (C=O) groups excluding carboxylic acids is 2. The summed E-state index contributed by atoms with van der Waals surface area (Å²) in [5.74, 6) is 0.430. The van der Waals surface area contributed by atoms with Crippen LogP contribution in [0, 0.1) is 0 Å². The van der Waals surface area contributed by atoms with Crippen LogP contribution in [0.2, 0.25) is 5.02 Å². The van der Waals surface area contributed by atoms with Crippen LogP contribution in [0.3, 0.4) is 0 Å². The lowest BCUT2D eigenvalue weighted by Crippen LogP contribution is -2.43. The SMILES string of the molecule is CCOc1c(Cl)cc(/C=N\N2C(=O)N[C@@](CC)(c3ccccc3)C2=O)cc1OC. The smallest absolute Gasteiger partial charge is 0.346 e. The third-order valence-electron chi connectivity index (χ3n) is 4.73. The fourth-order valence-corrected chi connectivity index (χ4v) is 3.53. The van der Waals surface area contributed by atoms with E-state index >= 15 is 0 Å². The number of benzene rings is 2. The molecule has 2 aromatic carbocycles. The summed E-state index contributed by atoms with van der Waals surface area (Å²) in [5, 5.41) is 8.08. The zero-order valence-electron chi connectivity index (χ0n) is 16.4. The van der Waals surface area contributed by atoms with E-state index in [1.54, 1.807) is 12.1 Å². The maximum atomic E-state index is 13.1. The molecule has 0 aliphatic carbocycles. The summed E-state index contributed by atoms with van der Waals surface area (Å²) in [5.41, 5.74) is 0.137. The first-order valence-electron chi connectivity index (χ1n) is 9.23. The van der Waals surface area contributed by atoms with Gasteiger partial charge >= 0.3 is 6.03 Å². The predicted octanol–water partition coefficient (Wildman–Crippen LogP) is 3.94. The molecule has 1 saturated heterocycles. The standard InChI is InChI=1S/C21H22ClN3O4/c1-4-21(15-9-7-6-8-10-15)19(26)25(20(27)24-21)23-13-14-11-16(22)18(29-5-2)17(12-14)28-3/h6-13H,4-5H2,1-3H3,(H,24,27)/b23-13-/t21-/m0/s1. The van der Waals surface area contributed by atoms with Gasteiger partial charge in [-0.3, -0.25) is 4.79 Å². The Labute approximate surface area is 174 Å². The fourth-order valence-electron chi connectivity index (χ4n) is 3.25. The number of hydrogen-bond donors (Lipinski definition) is 1. The molecule has 1 heterocycles. The van der Waals surface area contributed by atoms with Gasteiger partial charge in [-0.05, 0) is 36.6 Å². The molecule has 1 atom stereocenters. The Morgan fingerprint density at radius 1 is 1.21 bits per heavy atom. The monoisotopic (exact) mass is 415 g/mol. The molecular formula is C21H22ClN3O4. The van der Waals surface area contributed by atoms with Gasteiger partial charge in [0.1, 0.15) is 5.54 Å². The number of hydrogen-bond acceptors (Lipinski definition) is 5. The molecule has 7 nitrogen and oxygen atoms in total. The van der Waals surface area contributed by atoms with Crippen molar-refractivity contribution in [2.45, 2.75) is 25.8 Å². The van der Waals surface area contributed by atoms with Crippen molar-refractivity contribution < 1.29 is 19.1 Å². The van der Waals surface area contributed by atoms with E-state index in [0.717, 1.165) is 5.01 Å². The topological polar surface area (TPSA) is 80.2 Å². The van der Waals surface area contributed by atoms with Crippen molar-refractivity contribution in [1.82, 2.24) is 10.3 Å². The highest BCUT2D eigenvalue weighted by Gasteiger charge is 2.51. The van der Waals surface area contributed by atoms with Crippen LogP contribution in [0.5, 0.6) is 11.5 Å². The predicted molar refractivity (Wildman–Crippen MR) is 111 cm³/mol. The first-order valence-corrected chi connectivity index (χ1v) is 9.61. The van der Waals surface area contributed by atoms with E-state index in [1.165, 1.54) is 13.3 Å². The van der Waals surface area contributed by atoms with Gasteiger partial charge in [0.15, 0.2) is 11.5 Å². The number of carbonyl (C=O) groups is 2. The number of methoxy groups -OCH3 is 1. The fraction of sp³-hybridized carbons (Fsp3) is 0.286. The Bertz CT molecular complexity index is 948. The van der Waals surface area contributed by atoms with Crippen LogP contribution in [-0.2, 0) is 10.3 Å². The third kappa shape index (κ3) is 3.78. The first-order chi connectivity index (χ1) is 14.0. The summed E-state index contributed by atoms with van der Waals surface area (Å²) in [7, 11) is 1.50. The number of urea groups is 1. The molecule has 0 saturated carbocycles. The highest BCUT2D eigenvalue weighted by atomic mass is 35.5. The molecule has 0 spiro atoms. The summed E-state index contributed by atoms with van der Waals surface area (Å²) in [6, 6.07) is 11.8. The Morgan fingerprint density at radius 2 is 1.93 bits per heavy atom. The largest absolute Gasteiger partial charge is 0.493 e. The van der Waals surface area contributed by atoms with Crippen LogP contribution in [0.15, 0.2) is 47.6 Å². The Hall–Kier alpha value is -3.06. The van der Waals surface area contributed by atoms with Gasteiger partial charge in [0.2, 0.25) is 0 Å². The summed E-state index contributed by atoms with van der Waals surface area (Å²) in [4.78, 5) is 25.6. The van der Waals surface area contributed by atoms with Crippen LogP contribution in [0.4, 0.5) is 4.79 Å². The Kier molecular flexibility index (Phi) is 6.08. The van der Waals surface area contributed by atoms with Crippen LogP contribution < -0.4 is 14.8 Å². The van der Waals surface area contributed by atoms with Gasteiger partial charge < -0.3 is 14.8 Å². The van der Waals surface area contributed by atoms with E-state index in [9.17, 15) is 9.59 Å². The third-order valence-corrected chi connectivity index (χ3v) is 5.01. The first kappa shape index (κ1) is 20.7. The van der Waals surface area contributed by atoms with E-state index in [-0.39, 0.29) is 0 Å². The van der Waals surface area contributed by atoms with E-state index < -0.39 is 17.5 Å². The van der Waals surface area contributed by atoms with Crippen molar-refractivity contribution >= 4 is 29.8 Å². The minimum Gasteiger partial charge on any atom is -0.493 e. The quantitative estimate of drug-likeness (QED) is 0.548. The number of nitrogens with zero attached hydrogens (tertiary/aromatic N) is 2. The number of hydrazone groups is 1. The van der Waals surface area contributed by atoms with Crippen molar-refractivity contribution in [1.29, 1.82) is 0 Å². The number of imide groups is 1. The number of rotatable bonds is 7. The molecule has 0 radical (unpaired) electrons. The molecule has 3 amide bonds. The van der Waals surface area contributed by atoms with Gasteiger partial charge in [-0.1, -0.05) is 48.9 Å². The van der Waals surface area contributed by atoms with Crippen molar-refractivity contribution in [3.8, 4) is 11.5 Å². The molecule has 1 fully saturated rings. The Morgan fingerprint density at radius 3 is 2.55 bits per heavy atom. The summed E-state index contributed by atoms with van der Waals surface area (Å²) >= 11 is 6.27. The molecule has 0 unspecified atom stereocenters. The van der Waals surface area contributed by atoms with E-state index in [2.05, 4.69) is 10.4 Å².